The molecular formula is C10H13NO4. The Labute approximate surface area is 87.6 Å². The van der Waals surface area contributed by atoms with E-state index in [1.807, 2.05) is 0 Å². The predicted molar refractivity (Wildman–Crippen MR) is 54.6 cm³/mol. The Morgan fingerprint density at radius 3 is 2.67 bits per heavy atom. The fourth-order valence-electron chi connectivity index (χ4n) is 0.907. The highest BCUT2D eigenvalue weighted by atomic mass is 16.6. The van der Waals surface area contributed by atoms with Crippen LogP contribution in [0, 0.1) is 0 Å². The van der Waals surface area contributed by atoms with Gasteiger partial charge >= 0.3 is 5.97 Å². The zero-order chi connectivity index (χ0) is 11.1. The largest absolute Gasteiger partial charge is 0.508 e. The summed E-state index contributed by atoms with van der Waals surface area (Å²) in [5.41, 5.74) is 0.803. The minimum absolute atomic E-state index is 0.0818. The number of benzene rings is 1. The average Bonchev–Trinajstić information content (AvgIpc) is 2.26. The number of aromatic hydroxyl groups is 1. The summed E-state index contributed by atoms with van der Waals surface area (Å²) < 4.78 is 9.37. The van der Waals surface area contributed by atoms with Gasteiger partial charge in [0.05, 0.1) is 7.11 Å². The number of carbonyl (C=O) groups is 1. The van der Waals surface area contributed by atoms with E-state index in [1.165, 1.54) is 7.11 Å². The van der Waals surface area contributed by atoms with Gasteiger partial charge in [0.2, 0.25) is 0 Å². The first-order valence-corrected chi connectivity index (χ1v) is 4.40. The third kappa shape index (κ3) is 4.33. The lowest BCUT2D eigenvalue weighted by Gasteiger charge is -2.06. The molecule has 0 unspecified atom stereocenters. The molecule has 2 N–H and O–H groups in total. The fraction of sp³-hybridized carbons (Fsp3) is 0.300. The van der Waals surface area contributed by atoms with E-state index in [0.717, 1.165) is 5.69 Å². The van der Waals surface area contributed by atoms with E-state index in [-0.39, 0.29) is 19.1 Å². The molecule has 1 aromatic rings. The zero-order valence-corrected chi connectivity index (χ0v) is 8.40. The normalized spacial score (nSPS) is 9.67. The van der Waals surface area contributed by atoms with Crippen LogP contribution in [-0.2, 0) is 14.3 Å². The molecule has 0 radical (unpaired) electrons. The van der Waals surface area contributed by atoms with E-state index in [4.69, 9.17) is 9.84 Å². The third-order valence-corrected chi connectivity index (χ3v) is 1.69. The molecule has 0 saturated heterocycles. The molecule has 5 heteroatoms. The molecule has 0 saturated carbocycles. The van der Waals surface area contributed by atoms with E-state index in [9.17, 15) is 4.79 Å². The highest BCUT2D eigenvalue weighted by Crippen LogP contribution is 2.13. The molecule has 0 fully saturated rings. The second-order valence-electron chi connectivity index (χ2n) is 2.79. The summed E-state index contributed by atoms with van der Waals surface area (Å²) >= 11 is 0. The number of hydrogen-bond acceptors (Lipinski definition) is 5. The van der Waals surface area contributed by atoms with Gasteiger partial charge in [-0.2, -0.15) is 0 Å². The molecule has 0 aromatic heterocycles. The molecule has 1 rings (SSSR count). The van der Waals surface area contributed by atoms with Gasteiger partial charge in [0.15, 0.2) is 0 Å². The summed E-state index contributed by atoms with van der Waals surface area (Å²) in [6.07, 6.45) is 0. The Balaban J connectivity index is 2.20. The SMILES string of the molecule is COC(=O)COCNc1ccc(O)cc1. The first-order chi connectivity index (χ1) is 7.22. The van der Waals surface area contributed by atoms with E-state index >= 15 is 0 Å². The van der Waals surface area contributed by atoms with Gasteiger partial charge in [-0.1, -0.05) is 0 Å². The Bertz CT molecular complexity index is 310. The number of anilines is 1. The van der Waals surface area contributed by atoms with Gasteiger partial charge in [-0.05, 0) is 24.3 Å². The van der Waals surface area contributed by atoms with Crippen LogP contribution >= 0.6 is 0 Å². The maximum absolute atomic E-state index is 10.7. The zero-order valence-electron chi connectivity index (χ0n) is 8.40. The summed E-state index contributed by atoms with van der Waals surface area (Å²) in [6, 6.07) is 6.53. The number of phenolic OH excluding ortho intramolecular Hbond substituents is 1. The molecular weight excluding hydrogens is 198 g/mol. The van der Waals surface area contributed by atoms with E-state index in [0.29, 0.717) is 0 Å². The molecule has 0 atom stereocenters. The summed E-state index contributed by atoms with van der Waals surface area (Å²) in [5.74, 6) is -0.210. The van der Waals surface area contributed by atoms with E-state index < -0.39 is 5.97 Å². The van der Waals surface area contributed by atoms with Crippen molar-refractivity contribution < 1.29 is 19.4 Å². The van der Waals surface area contributed by atoms with Crippen molar-refractivity contribution in [1.29, 1.82) is 0 Å². The minimum atomic E-state index is -0.414. The standard InChI is InChI=1S/C10H13NO4/c1-14-10(13)6-15-7-11-8-2-4-9(12)5-3-8/h2-5,11-12H,6-7H2,1H3. The molecule has 5 nitrogen and oxygen atoms in total. The lowest BCUT2D eigenvalue weighted by atomic mass is 10.3. The highest BCUT2D eigenvalue weighted by molar-refractivity contribution is 5.70. The molecule has 0 aliphatic heterocycles. The summed E-state index contributed by atoms with van der Waals surface area (Å²) in [6.45, 7) is 0.126. The van der Waals surface area contributed by atoms with Crippen LogP contribution in [0.3, 0.4) is 0 Å². The van der Waals surface area contributed by atoms with Crippen molar-refractivity contribution in [3.8, 4) is 5.75 Å². The molecule has 0 spiro atoms. The topological polar surface area (TPSA) is 67.8 Å². The number of nitrogens with one attached hydrogen (secondary N) is 1. The van der Waals surface area contributed by atoms with Crippen molar-refractivity contribution in [3.63, 3.8) is 0 Å². The van der Waals surface area contributed by atoms with Gasteiger partial charge in [0.25, 0.3) is 0 Å². The maximum Gasteiger partial charge on any atom is 0.331 e. The van der Waals surface area contributed by atoms with Gasteiger partial charge in [0.1, 0.15) is 19.1 Å². The quantitative estimate of drug-likeness (QED) is 0.328. The number of esters is 1. The highest BCUT2D eigenvalue weighted by Gasteiger charge is 1.98. The van der Waals surface area contributed by atoms with Crippen molar-refractivity contribution in [1.82, 2.24) is 0 Å². The van der Waals surface area contributed by atoms with Gasteiger partial charge < -0.3 is 19.9 Å². The Kier molecular flexibility index (Phi) is 4.43. The second-order valence-corrected chi connectivity index (χ2v) is 2.79. The van der Waals surface area contributed by atoms with Gasteiger partial charge in [-0.15, -0.1) is 0 Å². The Hall–Kier alpha value is -1.75. The van der Waals surface area contributed by atoms with Crippen molar-refractivity contribution >= 4 is 11.7 Å². The van der Waals surface area contributed by atoms with Crippen LogP contribution in [0.15, 0.2) is 24.3 Å². The second kappa shape index (κ2) is 5.87. The molecule has 0 aliphatic rings. The van der Waals surface area contributed by atoms with Crippen molar-refractivity contribution in [2.75, 3.05) is 25.8 Å². The van der Waals surface area contributed by atoms with Crippen molar-refractivity contribution in [3.05, 3.63) is 24.3 Å². The number of hydrogen-bond donors (Lipinski definition) is 2. The molecule has 0 heterocycles. The molecule has 1 aromatic carbocycles. The van der Waals surface area contributed by atoms with Crippen LogP contribution in [0.25, 0.3) is 0 Å². The monoisotopic (exact) mass is 211 g/mol. The number of rotatable bonds is 5. The molecule has 0 aliphatic carbocycles. The maximum atomic E-state index is 10.7. The fourth-order valence-corrected chi connectivity index (χ4v) is 0.907. The van der Waals surface area contributed by atoms with Gasteiger partial charge in [-0.3, -0.25) is 0 Å². The summed E-state index contributed by atoms with van der Waals surface area (Å²) in [4.78, 5) is 10.7. The van der Waals surface area contributed by atoms with Crippen LogP contribution in [0.4, 0.5) is 5.69 Å². The van der Waals surface area contributed by atoms with Crippen molar-refractivity contribution in [2.24, 2.45) is 0 Å². The minimum Gasteiger partial charge on any atom is -0.508 e. The Morgan fingerprint density at radius 2 is 2.07 bits per heavy atom. The predicted octanol–water partition coefficient (Wildman–Crippen LogP) is 0.951. The van der Waals surface area contributed by atoms with Crippen LogP contribution in [-0.4, -0.2) is 31.5 Å². The summed E-state index contributed by atoms with van der Waals surface area (Å²) in [7, 11) is 1.30. The van der Waals surface area contributed by atoms with Crippen LogP contribution in [0.1, 0.15) is 0 Å². The average molecular weight is 211 g/mol. The molecule has 0 bridgehead atoms. The van der Waals surface area contributed by atoms with Crippen LogP contribution < -0.4 is 5.32 Å². The lowest BCUT2D eigenvalue weighted by Crippen LogP contribution is -2.14. The van der Waals surface area contributed by atoms with Crippen molar-refractivity contribution in [2.45, 2.75) is 0 Å². The first-order valence-electron chi connectivity index (χ1n) is 4.40. The number of carbonyl (C=O) groups excluding carboxylic acids is 1. The van der Waals surface area contributed by atoms with Gasteiger partial charge in [-0.25, -0.2) is 4.79 Å². The Morgan fingerprint density at radius 1 is 1.40 bits per heavy atom. The molecule has 15 heavy (non-hydrogen) atoms. The summed E-state index contributed by atoms with van der Waals surface area (Å²) in [5, 5.41) is 11.9. The molecule has 82 valence electrons. The van der Waals surface area contributed by atoms with Crippen LogP contribution in [0.5, 0.6) is 5.75 Å². The van der Waals surface area contributed by atoms with Gasteiger partial charge in [0, 0.05) is 5.69 Å². The third-order valence-electron chi connectivity index (χ3n) is 1.69. The van der Waals surface area contributed by atoms with E-state index in [1.54, 1.807) is 24.3 Å². The smallest absolute Gasteiger partial charge is 0.331 e. The molecule has 0 amide bonds. The first kappa shape index (κ1) is 11.3. The van der Waals surface area contributed by atoms with E-state index in [2.05, 4.69) is 10.1 Å². The number of methoxy groups -OCH3 is 1. The number of ether oxygens (including phenoxy) is 2. The lowest BCUT2D eigenvalue weighted by molar-refractivity contribution is -0.145. The van der Waals surface area contributed by atoms with Crippen LogP contribution in [0.2, 0.25) is 0 Å². The number of phenols is 1.